The van der Waals surface area contributed by atoms with Gasteiger partial charge in [0.05, 0.1) is 24.8 Å². The first kappa shape index (κ1) is 21.0. The van der Waals surface area contributed by atoms with Crippen molar-refractivity contribution < 1.29 is 13.2 Å². The van der Waals surface area contributed by atoms with Gasteiger partial charge in [-0.2, -0.15) is 15.0 Å². The minimum Gasteiger partial charge on any atom is -0.378 e. The summed E-state index contributed by atoms with van der Waals surface area (Å²) in [6.45, 7) is 2.35. The number of hydrogen-bond donors (Lipinski definition) is 1. The summed E-state index contributed by atoms with van der Waals surface area (Å²) in [5.74, 6) is 1.21. The highest BCUT2D eigenvalue weighted by atomic mass is 35.5. The zero-order valence-electron chi connectivity index (χ0n) is 15.4. The van der Waals surface area contributed by atoms with Crippen LogP contribution in [0.4, 0.5) is 11.9 Å². The molecule has 0 unspecified atom stereocenters. The Morgan fingerprint density at radius 3 is 2.57 bits per heavy atom. The lowest BCUT2D eigenvalue weighted by atomic mass is 10.4. The van der Waals surface area contributed by atoms with E-state index in [4.69, 9.17) is 27.9 Å². The minimum atomic E-state index is -3.90. The Morgan fingerprint density at radius 2 is 1.89 bits per heavy atom. The third kappa shape index (κ3) is 5.00. The molecule has 0 radical (unpaired) electrons. The molecule has 0 saturated carbocycles. The zero-order chi connectivity index (χ0) is 20.3. The highest BCUT2D eigenvalue weighted by molar-refractivity contribution is 7.89. The number of benzene rings is 1. The van der Waals surface area contributed by atoms with Crippen molar-refractivity contribution in [1.29, 1.82) is 0 Å². The molecule has 0 spiro atoms. The average molecular weight is 447 g/mol. The van der Waals surface area contributed by atoms with E-state index in [0.717, 1.165) is 0 Å². The normalized spacial score (nSPS) is 14.9. The molecule has 1 aromatic heterocycles. The van der Waals surface area contributed by atoms with E-state index in [-0.39, 0.29) is 21.5 Å². The first-order valence-electron chi connectivity index (χ1n) is 8.46. The van der Waals surface area contributed by atoms with Crippen molar-refractivity contribution >= 4 is 45.1 Å². The molecule has 1 aromatic carbocycles. The summed E-state index contributed by atoms with van der Waals surface area (Å²) in [6.07, 6.45) is 0. The van der Waals surface area contributed by atoms with Gasteiger partial charge in [0.2, 0.25) is 21.9 Å². The fraction of sp³-hybridized carbons (Fsp3) is 0.438. The van der Waals surface area contributed by atoms with Gasteiger partial charge in [0.1, 0.15) is 4.90 Å². The number of rotatable bonds is 6. The predicted molar refractivity (Wildman–Crippen MR) is 108 cm³/mol. The molecule has 2 aromatic rings. The Bertz CT molecular complexity index is 951. The van der Waals surface area contributed by atoms with E-state index in [9.17, 15) is 8.42 Å². The molecule has 2 heterocycles. The minimum absolute atomic E-state index is 0.0792. The highest BCUT2D eigenvalue weighted by Crippen LogP contribution is 2.25. The predicted octanol–water partition coefficient (Wildman–Crippen LogP) is 1.56. The second-order valence-corrected chi connectivity index (χ2v) is 8.82. The van der Waals surface area contributed by atoms with Crippen LogP contribution in [0.2, 0.25) is 10.0 Å². The van der Waals surface area contributed by atoms with Gasteiger partial charge < -0.3 is 14.5 Å². The molecule has 1 aliphatic rings. The number of ether oxygens (including phenoxy) is 1. The van der Waals surface area contributed by atoms with Crippen LogP contribution in [-0.2, 0) is 21.3 Å². The number of halogens is 2. The van der Waals surface area contributed by atoms with Gasteiger partial charge in [-0.3, -0.25) is 0 Å². The lowest BCUT2D eigenvalue weighted by molar-refractivity contribution is 0.122. The van der Waals surface area contributed by atoms with Gasteiger partial charge in [0.15, 0.2) is 5.82 Å². The molecule has 0 bridgehead atoms. The standard InChI is InChI=1S/C16H20Cl2N6O3S/c1-23(2)15-20-14(21-16(22-15)24-5-7-27-8-6-24)10-19-28(25,26)13-9-11(17)3-4-12(13)18/h3-4,9,19H,5-8,10H2,1-2H3. The largest absolute Gasteiger partial charge is 0.378 e. The van der Waals surface area contributed by atoms with Gasteiger partial charge in [-0.1, -0.05) is 23.2 Å². The van der Waals surface area contributed by atoms with Gasteiger partial charge in [0, 0.05) is 32.2 Å². The maximum absolute atomic E-state index is 12.6. The maximum Gasteiger partial charge on any atom is 0.242 e. The van der Waals surface area contributed by atoms with Crippen LogP contribution in [0.5, 0.6) is 0 Å². The van der Waals surface area contributed by atoms with Crippen molar-refractivity contribution in [3.05, 3.63) is 34.1 Å². The lowest BCUT2D eigenvalue weighted by Crippen LogP contribution is -2.38. The van der Waals surface area contributed by atoms with Crippen molar-refractivity contribution in [2.45, 2.75) is 11.4 Å². The second kappa shape index (κ2) is 8.75. The quantitative estimate of drug-likeness (QED) is 0.712. The van der Waals surface area contributed by atoms with Crippen LogP contribution < -0.4 is 14.5 Å². The van der Waals surface area contributed by atoms with Crippen molar-refractivity contribution in [3.63, 3.8) is 0 Å². The van der Waals surface area contributed by atoms with Crippen LogP contribution in [0.3, 0.4) is 0 Å². The number of nitrogens with zero attached hydrogens (tertiary/aromatic N) is 5. The van der Waals surface area contributed by atoms with E-state index < -0.39 is 10.0 Å². The smallest absolute Gasteiger partial charge is 0.242 e. The maximum atomic E-state index is 12.6. The fourth-order valence-corrected chi connectivity index (χ4v) is 4.24. The summed E-state index contributed by atoms with van der Waals surface area (Å²) in [5.41, 5.74) is 0. The van der Waals surface area contributed by atoms with Crippen LogP contribution >= 0.6 is 23.2 Å². The Hall–Kier alpha value is -1.72. The van der Waals surface area contributed by atoms with Gasteiger partial charge in [-0.05, 0) is 18.2 Å². The van der Waals surface area contributed by atoms with E-state index in [1.807, 2.05) is 4.90 Å². The van der Waals surface area contributed by atoms with Crippen LogP contribution in [0.1, 0.15) is 5.82 Å². The Labute approximate surface area is 173 Å². The Morgan fingerprint density at radius 1 is 1.18 bits per heavy atom. The van der Waals surface area contributed by atoms with Crippen LogP contribution in [0.15, 0.2) is 23.1 Å². The summed E-state index contributed by atoms with van der Waals surface area (Å²) in [7, 11) is -0.289. The highest BCUT2D eigenvalue weighted by Gasteiger charge is 2.21. The Kier molecular flexibility index (Phi) is 6.56. The zero-order valence-corrected chi connectivity index (χ0v) is 17.7. The van der Waals surface area contributed by atoms with Crippen molar-refractivity contribution in [2.24, 2.45) is 0 Å². The van der Waals surface area contributed by atoms with Crippen LogP contribution in [0, 0.1) is 0 Å². The van der Waals surface area contributed by atoms with Crippen molar-refractivity contribution in [2.75, 3.05) is 50.2 Å². The number of hydrogen-bond acceptors (Lipinski definition) is 8. The molecule has 3 rings (SSSR count). The third-order valence-corrected chi connectivity index (χ3v) is 6.07. The average Bonchev–Trinajstić information content (AvgIpc) is 2.68. The molecule has 9 nitrogen and oxygen atoms in total. The second-order valence-electron chi connectivity index (χ2n) is 6.24. The van der Waals surface area contributed by atoms with Gasteiger partial charge in [-0.15, -0.1) is 0 Å². The van der Waals surface area contributed by atoms with E-state index in [0.29, 0.717) is 44.0 Å². The molecule has 1 N–H and O–H groups in total. The molecule has 1 aliphatic heterocycles. The summed E-state index contributed by atoms with van der Waals surface area (Å²) in [4.78, 5) is 16.8. The monoisotopic (exact) mass is 446 g/mol. The van der Waals surface area contributed by atoms with E-state index in [1.54, 1.807) is 19.0 Å². The summed E-state index contributed by atoms with van der Waals surface area (Å²) < 4.78 is 33.1. The first-order valence-corrected chi connectivity index (χ1v) is 10.7. The lowest BCUT2D eigenvalue weighted by Gasteiger charge is -2.27. The van der Waals surface area contributed by atoms with Gasteiger partial charge in [-0.25, -0.2) is 13.1 Å². The molecular formula is C16H20Cl2N6O3S. The number of aromatic nitrogens is 3. The molecule has 0 aliphatic carbocycles. The molecular weight excluding hydrogens is 427 g/mol. The van der Waals surface area contributed by atoms with Gasteiger partial charge >= 0.3 is 0 Å². The topological polar surface area (TPSA) is 101 Å². The van der Waals surface area contributed by atoms with E-state index in [2.05, 4.69) is 19.7 Å². The summed E-state index contributed by atoms with van der Waals surface area (Å²) in [6, 6.07) is 4.25. The number of nitrogens with one attached hydrogen (secondary N) is 1. The van der Waals surface area contributed by atoms with E-state index in [1.165, 1.54) is 18.2 Å². The van der Waals surface area contributed by atoms with Crippen molar-refractivity contribution in [1.82, 2.24) is 19.7 Å². The Balaban J connectivity index is 1.84. The summed E-state index contributed by atoms with van der Waals surface area (Å²) in [5, 5.41) is 0.352. The fourth-order valence-electron chi connectivity index (χ4n) is 2.50. The van der Waals surface area contributed by atoms with Crippen LogP contribution in [0.25, 0.3) is 0 Å². The molecule has 0 atom stereocenters. The summed E-state index contributed by atoms with van der Waals surface area (Å²) >= 11 is 11.9. The number of sulfonamides is 1. The molecule has 1 saturated heterocycles. The molecule has 1 fully saturated rings. The third-order valence-electron chi connectivity index (χ3n) is 3.96. The van der Waals surface area contributed by atoms with Gasteiger partial charge in [0.25, 0.3) is 0 Å². The van der Waals surface area contributed by atoms with Crippen LogP contribution in [-0.4, -0.2) is 63.8 Å². The molecule has 28 heavy (non-hydrogen) atoms. The number of anilines is 2. The molecule has 0 amide bonds. The van der Waals surface area contributed by atoms with E-state index >= 15 is 0 Å². The SMILES string of the molecule is CN(C)c1nc(CNS(=O)(=O)c2cc(Cl)ccc2Cl)nc(N2CCOCC2)n1. The molecule has 152 valence electrons. The van der Waals surface area contributed by atoms with Crippen molar-refractivity contribution in [3.8, 4) is 0 Å². The number of morpholine rings is 1. The molecule has 12 heteroatoms. The first-order chi connectivity index (χ1) is 13.3.